The van der Waals surface area contributed by atoms with Crippen molar-refractivity contribution >= 4 is 0 Å². The van der Waals surface area contributed by atoms with E-state index in [-0.39, 0.29) is 11.7 Å². The Morgan fingerprint density at radius 2 is 1.87 bits per heavy atom. The van der Waals surface area contributed by atoms with Gasteiger partial charge in [-0.2, -0.15) is 0 Å². The summed E-state index contributed by atoms with van der Waals surface area (Å²) in [6.45, 7) is 11.9. The molecule has 0 spiro atoms. The average molecular weight is 417 g/mol. The van der Waals surface area contributed by atoms with Gasteiger partial charge in [0.1, 0.15) is 5.60 Å². The molecule has 4 aliphatic rings. The molecule has 3 aliphatic carbocycles. The molecule has 170 valence electrons. The standard InChI is InChI=1S/C27H44O3/c1-19(2)8-6-9-20(3)23-11-12-24-21(10-7-15-25(23,24)4)13-17-27-18-22(28)14-16-26(27,5)29-30-27/h13,17,19-20,22-23,28H,6-12,14-16,18H2,1-5H3/b17-13+/t20-,22+,23-,25-,26?,27?/m1/s1. The van der Waals surface area contributed by atoms with Crippen LogP contribution in [-0.4, -0.2) is 22.4 Å². The predicted octanol–water partition coefficient (Wildman–Crippen LogP) is 6.91. The summed E-state index contributed by atoms with van der Waals surface area (Å²) in [6, 6.07) is 0. The maximum absolute atomic E-state index is 10.3. The van der Waals surface area contributed by atoms with Crippen LogP contribution >= 0.6 is 0 Å². The van der Waals surface area contributed by atoms with E-state index in [1.54, 1.807) is 11.1 Å². The largest absolute Gasteiger partial charge is 0.393 e. The zero-order chi connectivity index (χ0) is 21.6. The minimum atomic E-state index is -0.450. The molecule has 0 aromatic carbocycles. The monoisotopic (exact) mass is 416 g/mol. The summed E-state index contributed by atoms with van der Waals surface area (Å²) in [5, 5.41) is 10.3. The van der Waals surface area contributed by atoms with Crippen molar-refractivity contribution in [2.45, 2.75) is 123 Å². The lowest BCUT2D eigenvalue weighted by atomic mass is 9.64. The second kappa shape index (κ2) is 8.37. The second-order valence-electron chi connectivity index (χ2n) is 11.7. The van der Waals surface area contributed by atoms with Crippen molar-refractivity contribution in [3.8, 4) is 0 Å². The van der Waals surface area contributed by atoms with E-state index in [0.717, 1.165) is 30.6 Å². The highest BCUT2D eigenvalue weighted by Crippen LogP contribution is 2.58. The SMILES string of the molecule is CC(C)CCC[C@@H](C)[C@H]1CCC2=C(/C=C/C34C[C@@H](O)CCC3(C)OO4)CCC[C@@]21C. The fourth-order valence-corrected chi connectivity index (χ4v) is 7.13. The Kier molecular flexibility index (Phi) is 6.29. The van der Waals surface area contributed by atoms with Crippen molar-refractivity contribution in [1.82, 2.24) is 0 Å². The number of hydrogen-bond donors (Lipinski definition) is 1. The van der Waals surface area contributed by atoms with Gasteiger partial charge in [-0.15, -0.1) is 0 Å². The van der Waals surface area contributed by atoms with Crippen LogP contribution in [0.2, 0.25) is 0 Å². The van der Waals surface area contributed by atoms with Gasteiger partial charge in [0.25, 0.3) is 0 Å². The topological polar surface area (TPSA) is 38.7 Å². The molecule has 3 heteroatoms. The average Bonchev–Trinajstić information content (AvgIpc) is 3.04. The number of aliphatic hydroxyl groups excluding tert-OH is 1. The molecule has 0 bridgehead atoms. The minimum Gasteiger partial charge on any atom is -0.393 e. The zero-order valence-electron chi connectivity index (χ0n) is 20.0. The number of allylic oxidation sites excluding steroid dienone is 3. The molecular formula is C27H44O3. The van der Waals surface area contributed by atoms with Crippen LogP contribution in [0.25, 0.3) is 0 Å². The molecule has 1 saturated heterocycles. The predicted molar refractivity (Wildman–Crippen MR) is 122 cm³/mol. The van der Waals surface area contributed by atoms with Crippen molar-refractivity contribution in [1.29, 1.82) is 0 Å². The third-order valence-electron chi connectivity index (χ3n) is 9.19. The van der Waals surface area contributed by atoms with E-state index >= 15 is 0 Å². The van der Waals surface area contributed by atoms with E-state index in [9.17, 15) is 5.11 Å². The zero-order valence-corrected chi connectivity index (χ0v) is 20.0. The van der Waals surface area contributed by atoms with E-state index < -0.39 is 5.60 Å². The summed E-state index contributed by atoms with van der Waals surface area (Å²) in [4.78, 5) is 11.2. The van der Waals surface area contributed by atoms with Gasteiger partial charge in [0.2, 0.25) is 0 Å². The van der Waals surface area contributed by atoms with Crippen molar-refractivity contribution in [2.75, 3.05) is 0 Å². The highest BCUT2D eigenvalue weighted by molar-refractivity contribution is 5.38. The van der Waals surface area contributed by atoms with Crippen LogP contribution < -0.4 is 0 Å². The van der Waals surface area contributed by atoms with Crippen molar-refractivity contribution < 1.29 is 14.9 Å². The van der Waals surface area contributed by atoms with Gasteiger partial charge < -0.3 is 5.11 Å². The van der Waals surface area contributed by atoms with Crippen LogP contribution in [-0.2, 0) is 9.78 Å². The van der Waals surface area contributed by atoms with Crippen molar-refractivity contribution in [3.05, 3.63) is 23.3 Å². The van der Waals surface area contributed by atoms with E-state index in [1.165, 1.54) is 51.4 Å². The molecular weight excluding hydrogens is 372 g/mol. The van der Waals surface area contributed by atoms with Crippen LogP contribution in [0.15, 0.2) is 23.3 Å². The van der Waals surface area contributed by atoms with Crippen LogP contribution in [0.3, 0.4) is 0 Å². The van der Waals surface area contributed by atoms with Crippen molar-refractivity contribution in [3.63, 3.8) is 0 Å². The van der Waals surface area contributed by atoms with Gasteiger partial charge in [-0.05, 0) is 86.7 Å². The van der Waals surface area contributed by atoms with Crippen molar-refractivity contribution in [2.24, 2.45) is 23.2 Å². The lowest BCUT2D eigenvalue weighted by molar-refractivity contribution is -0.545. The fraction of sp³-hybridized carbons (Fsp3) is 0.852. The lowest BCUT2D eigenvalue weighted by Crippen LogP contribution is -2.67. The fourth-order valence-electron chi connectivity index (χ4n) is 7.13. The number of aliphatic hydroxyl groups is 1. The normalized spacial score (nSPS) is 42.4. The molecule has 2 saturated carbocycles. The summed E-state index contributed by atoms with van der Waals surface area (Å²) >= 11 is 0. The van der Waals surface area contributed by atoms with E-state index in [4.69, 9.17) is 9.78 Å². The van der Waals surface area contributed by atoms with Crippen LogP contribution in [0.4, 0.5) is 0 Å². The molecule has 0 radical (unpaired) electrons. The smallest absolute Gasteiger partial charge is 0.156 e. The first-order valence-electron chi connectivity index (χ1n) is 12.7. The molecule has 3 nitrogen and oxygen atoms in total. The van der Waals surface area contributed by atoms with Gasteiger partial charge in [0.05, 0.1) is 6.10 Å². The molecule has 0 aromatic heterocycles. The van der Waals surface area contributed by atoms with Gasteiger partial charge in [-0.3, -0.25) is 0 Å². The highest BCUT2D eigenvalue weighted by atomic mass is 17.3. The second-order valence-corrected chi connectivity index (χ2v) is 11.7. The first-order valence-corrected chi connectivity index (χ1v) is 12.7. The Bertz CT molecular complexity index is 694. The van der Waals surface area contributed by atoms with Crippen LogP contribution in [0.1, 0.15) is 105 Å². The van der Waals surface area contributed by atoms with Gasteiger partial charge in [0.15, 0.2) is 5.60 Å². The van der Waals surface area contributed by atoms with E-state index in [2.05, 4.69) is 46.8 Å². The molecule has 30 heavy (non-hydrogen) atoms. The molecule has 0 aromatic rings. The Morgan fingerprint density at radius 3 is 2.57 bits per heavy atom. The minimum absolute atomic E-state index is 0.283. The maximum atomic E-state index is 10.3. The van der Waals surface area contributed by atoms with E-state index in [0.29, 0.717) is 11.8 Å². The summed E-state index contributed by atoms with van der Waals surface area (Å²) in [6.07, 6.45) is 17.2. The molecule has 1 heterocycles. The Morgan fingerprint density at radius 1 is 1.07 bits per heavy atom. The van der Waals surface area contributed by atoms with Crippen LogP contribution in [0, 0.1) is 23.2 Å². The maximum Gasteiger partial charge on any atom is 0.156 e. The van der Waals surface area contributed by atoms with Gasteiger partial charge in [-0.1, -0.05) is 58.6 Å². The summed E-state index contributed by atoms with van der Waals surface area (Å²) < 4.78 is 0. The Balaban J connectivity index is 1.51. The van der Waals surface area contributed by atoms with E-state index in [1.807, 2.05) is 0 Å². The van der Waals surface area contributed by atoms with Gasteiger partial charge in [0, 0.05) is 6.42 Å². The molecule has 3 fully saturated rings. The summed E-state index contributed by atoms with van der Waals surface area (Å²) in [5.41, 5.74) is 2.91. The Labute approximate surface area is 184 Å². The van der Waals surface area contributed by atoms with Gasteiger partial charge >= 0.3 is 0 Å². The highest BCUT2D eigenvalue weighted by Gasteiger charge is 2.62. The number of fused-ring (bicyclic) bond motifs is 2. The summed E-state index contributed by atoms with van der Waals surface area (Å²) in [7, 11) is 0. The first kappa shape index (κ1) is 22.6. The summed E-state index contributed by atoms with van der Waals surface area (Å²) in [5.74, 6) is 2.46. The molecule has 4 rings (SSSR count). The number of hydrogen-bond acceptors (Lipinski definition) is 3. The molecule has 0 amide bonds. The van der Waals surface area contributed by atoms with Gasteiger partial charge in [-0.25, -0.2) is 9.78 Å². The molecule has 2 unspecified atom stereocenters. The Hall–Kier alpha value is -0.640. The number of rotatable bonds is 7. The third-order valence-corrected chi connectivity index (χ3v) is 9.19. The van der Waals surface area contributed by atoms with Crippen LogP contribution in [0.5, 0.6) is 0 Å². The first-order chi connectivity index (χ1) is 14.2. The molecule has 1 aliphatic heterocycles. The molecule has 1 N–H and O–H groups in total. The lowest BCUT2D eigenvalue weighted by Gasteiger charge is -2.57. The molecule has 6 atom stereocenters. The quantitative estimate of drug-likeness (QED) is 0.458. The third kappa shape index (κ3) is 3.84.